The van der Waals surface area contributed by atoms with E-state index in [0.717, 1.165) is 13.0 Å². The van der Waals surface area contributed by atoms with E-state index in [-0.39, 0.29) is 12.4 Å². The number of nitrogens with zero attached hydrogens (tertiary/aromatic N) is 2. The maximum absolute atomic E-state index is 13.4. The van der Waals surface area contributed by atoms with E-state index in [1.807, 2.05) is 10.8 Å². The molecule has 0 atom stereocenters. The van der Waals surface area contributed by atoms with Gasteiger partial charge in [0.25, 0.3) is 0 Å². The minimum Gasteiger partial charge on any atom is -0.493 e. The number of rotatable bonds is 5. The Kier molecular flexibility index (Phi) is 5.15. The third-order valence-corrected chi connectivity index (χ3v) is 2.59. The Hall–Kier alpha value is -2.32. The average Bonchev–Trinajstić information content (AvgIpc) is 2.94. The van der Waals surface area contributed by atoms with Gasteiger partial charge in [-0.15, -0.1) is 0 Å². The maximum Gasteiger partial charge on any atom is 0.128 e. The van der Waals surface area contributed by atoms with Gasteiger partial charge in [0.1, 0.15) is 11.6 Å². The van der Waals surface area contributed by atoms with Crippen LogP contribution in [-0.4, -0.2) is 22.7 Å². The Morgan fingerprint density at radius 3 is 3.00 bits per heavy atom. The van der Waals surface area contributed by atoms with Crippen LogP contribution in [0.4, 0.5) is 4.39 Å². The van der Waals surface area contributed by atoms with Crippen LogP contribution in [-0.2, 0) is 6.54 Å². The van der Waals surface area contributed by atoms with Gasteiger partial charge in [0.05, 0.1) is 19.5 Å². The van der Waals surface area contributed by atoms with Crippen molar-refractivity contribution in [1.82, 2.24) is 9.55 Å². The first-order valence-electron chi connectivity index (χ1n) is 6.36. The van der Waals surface area contributed by atoms with Crippen LogP contribution >= 0.6 is 0 Å². The van der Waals surface area contributed by atoms with E-state index in [1.54, 1.807) is 18.6 Å². The topological polar surface area (TPSA) is 53.1 Å². The van der Waals surface area contributed by atoms with Gasteiger partial charge in [-0.3, -0.25) is 0 Å². The molecule has 104 valence electrons. The highest BCUT2D eigenvalue weighted by atomic mass is 19.1. The predicted molar refractivity (Wildman–Crippen MR) is 74.7 cm³/mol. The quantitative estimate of drug-likeness (QED) is 0.667. The normalized spacial score (nSPS) is 9.90. The van der Waals surface area contributed by atoms with Gasteiger partial charge in [-0.05, 0) is 18.6 Å². The van der Waals surface area contributed by atoms with Crippen LogP contribution < -0.4 is 10.5 Å². The summed E-state index contributed by atoms with van der Waals surface area (Å²) < 4.78 is 20.9. The lowest BCUT2D eigenvalue weighted by molar-refractivity contribution is 0.300. The zero-order valence-corrected chi connectivity index (χ0v) is 11.1. The van der Waals surface area contributed by atoms with E-state index in [1.165, 1.54) is 12.1 Å². The Morgan fingerprint density at radius 1 is 1.35 bits per heavy atom. The second-order valence-corrected chi connectivity index (χ2v) is 4.18. The van der Waals surface area contributed by atoms with Crippen molar-refractivity contribution < 1.29 is 9.13 Å². The summed E-state index contributed by atoms with van der Waals surface area (Å²) in [6.07, 6.45) is 6.19. The van der Waals surface area contributed by atoms with Crippen molar-refractivity contribution in [1.29, 1.82) is 0 Å². The van der Waals surface area contributed by atoms with Crippen LogP contribution in [0.15, 0.2) is 36.9 Å². The van der Waals surface area contributed by atoms with Crippen LogP contribution in [0.1, 0.15) is 12.0 Å². The lowest BCUT2D eigenvalue weighted by Gasteiger charge is -2.07. The number of nitrogens with two attached hydrogens (primary N) is 1. The van der Waals surface area contributed by atoms with Crippen molar-refractivity contribution in [3.05, 3.63) is 48.3 Å². The Labute approximate surface area is 117 Å². The molecule has 0 radical (unpaired) electrons. The molecule has 0 bridgehead atoms. The third-order valence-electron chi connectivity index (χ3n) is 2.59. The SMILES string of the molecule is NCC#Cc1cc(F)cc(OCCCn2ccnc2)c1. The van der Waals surface area contributed by atoms with Gasteiger partial charge in [0, 0.05) is 30.6 Å². The van der Waals surface area contributed by atoms with Crippen LogP contribution in [0.3, 0.4) is 0 Å². The number of imidazole rings is 1. The first kappa shape index (κ1) is 14.1. The number of benzene rings is 1. The molecular weight excluding hydrogens is 257 g/mol. The van der Waals surface area contributed by atoms with E-state index in [2.05, 4.69) is 16.8 Å². The minimum absolute atomic E-state index is 0.248. The zero-order chi connectivity index (χ0) is 14.2. The zero-order valence-electron chi connectivity index (χ0n) is 11.1. The fraction of sp³-hybridized carbons (Fsp3) is 0.267. The highest BCUT2D eigenvalue weighted by Gasteiger charge is 2.00. The monoisotopic (exact) mass is 273 g/mol. The molecule has 0 unspecified atom stereocenters. The lowest BCUT2D eigenvalue weighted by Crippen LogP contribution is -2.03. The molecule has 0 aliphatic carbocycles. The van der Waals surface area contributed by atoms with Crippen molar-refractivity contribution in [2.75, 3.05) is 13.2 Å². The smallest absolute Gasteiger partial charge is 0.128 e. The van der Waals surface area contributed by atoms with E-state index in [0.29, 0.717) is 17.9 Å². The van der Waals surface area contributed by atoms with Gasteiger partial charge in [-0.1, -0.05) is 11.8 Å². The third kappa shape index (κ3) is 4.41. The summed E-state index contributed by atoms with van der Waals surface area (Å²) in [5, 5.41) is 0. The summed E-state index contributed by atoms with van der Waals surface area (Å²) in [4.78, 5) is 3.96. The van der Waals surface area contributed by atoms with Crippen molar-refractivity contribution in [2.24, 2.45) is 5.73 Å². The number of ether oxygens (including phenoxy) is 1. The van der Waals surface area contributed by atoms with Crippen LogP contribution in [0, 0.1) is 17.7 Å². The summed E-state index contributed by atoms with van der Waals surface area (Å²) in [5.41, 5.74) is 5.86. The van der Waals surface area contributed by atoms with Crippen LogP contribution in [0.5, 0.6) is 5.75 Å². The molecule has 5 heteroatoms. The number of hydrogen-bond donors (Lipinski definition) is 1. The van der Waals surface area contributed by atoms with E-state index >= 15 is 0 Å². The molecule has 0 saturated heterocycles. The Balaban J connectivity index is 1.87. The fourth-order valence-corrected chi connectivity index (χ4v) is 1.73. The molecule has 2 rings (SSSR count). The molecule has 0 amide bonds. The molecule has 0 spiro atoms. The van der Waals surface area contributed by atoms with Crippen molar-refractivity contribution in [3.63, 3.8) is 0 Å². The lowest BCUT2D eigenvalue weighted by atomic mass is 10.2. The summed E-state index contributed by atoms with van der Waals surface area (Å²) in [6.45, 7) is 1.57. The highest BCUT2D eigenvalue weighted by molar-refractivity contribution is 5.40. The number of aromatic nitrogens is 2. The molecule has 0 saturated carbocycles. The molecule has 0 aliphatic heterocycles. The standard InChI is InChI=1S/C15H16FN3O/c16-14-9-13(3-1-4-17)10-15(11-14)20-8-2-6-19-7-5-18-12-19/h5,7,9-12H,2,4,6,8,17H2. The van der Waals surface area contributed by atoms with E-state index < -0.39 is 0 Å². The predicted octanol–water partition coefficient (Wildman–Crippen LogP) is 1.80. The molecule has 0 aliphatic rings. The van der Waals surface area contributed by atoms with Gasteiger partial charge in [-0.25, -0.2) is 9.37 Å². The van der Waals surface area contributed by atoms with Gasteiger partial charge < -0.3 is 15.0 Å². The molecule has 1 aromatic heterocycles. The number of halogens is 1. The summed E-state index contributed by atoms with van der Waals surface area (Å²) >= 11 is 0. The summed E-state index contributed by atoms with van der Waals surface area (Å²) in [6, 6.07) is 4.43. The molecule has 1 aromatic carbocycles. The van der Waals surface area contributed by atoms with E-state index in [9.17, 15) is 4.39 Å². The Morgan fingerprint density at radius 2 is 2.25 bits per heavy atom. The van der Waals surface area contributed by atoms with Gasteiger partial charge in [0.15, 0.2) is 0 Å². The molecule has 1 heterocycles. The Bertz CT molecular complexity index is 599. The van der Waals surface area contributed by atoms with Crippen molar-refractivity contribution >= 4 is 0 Å². The van der Waals surface area contributed by atoms with E-state index in [4.69, 9.17) is 10.5 Å². The number of hydrogen-bond acceptors (Lipinski definition) is 3. The van der Waals surface area contributed by atoms with Gasteiger partial charge in [0.2, 0.25) is 0 Å². The minimum atomic E-state index is -0.363. The molecular formula is C15H16FN3O. The second kappa shape index (κ2) is 7.31. The molecule has 2 aromatic rings. The van der Waals surface area contributed by atoms with Gasteiger partial charge in [-0.2, -0.15) is 0 Å². The van der Waals surface area contributed by atoms with Crippen molar-refractivity contribution in [3.8, 4) is 17.6 Å². The number of aryl methyl sites for hydroxylation is 1. The van der Waals surface area contributed by atoms with Gasteiger partial charge >= 0.3 is 0 Å². The molecule has 2 N–H and O–H groups in total. The first-order chi connectivity index (χ1) is 9.78. The summed E-state index contributed by atoms with van der Waals surface area (Å²) in [7, 11) is 0. The molecule has 20 heavy (non-hydrogen) atoms. The maximum atomic E-state index is 13.4. The molecule has 0 fully saturated rings. The summed E-state index contributed by atoms with van der Waals surface area (Å²) in [5.74, 6) is 5.60. The van der Waals surface area contributed by atoms with Crippen LogP contribution in [0.2, 0.25) is 0 Å². The second-order valence-electron chi connectivity index (χ2n) is 4.18. The largest absolute Gasteiger partial charge is 0.493 e. The first-order valence-corrected chi connectivity index (χ1v) is 6.36. The van der Waals surface area contributed by atoms with Crippen LogP contribution in [0.25, 0.3) is 0 Å². The van der Waals surface area contributed by atoms with Crippen molar-refractivity contribution in [2.45, 2.75) is 13.0 Å². The highest BCUT2D eigenvalue weighted by Crippen LogP contribution is 2.16. The average molecular weight is 273 g/mol. The molecule has 4 nitrogen and oxygen atoms in total. The fourth-order valence-electron chi connectivity index (χ4n) is 1.73.